The molecule has 1 fully saturated rings. The number of hydrogen-bond donors (Lipinski definition) is 2. The lowest BCUT2D eigenvalue weighted by Gasteiger charge is -2.32. The number of sulfonamides is 1. The molecular weight excluding hydrogens is 364 g/mol. The fraction of sp³-hybridized carbons (Fsp3) is 0.526. The van der Waals surface area contributed by atoms with E-state index in [1.54, 1.807) is 0 Å². The second-order valence-corrected chi connectivity index (χ2v) is 8.54. The molecule has 0 saturated carbocycles. The molecule has 1 saturated heterocycles. The summed E-state index contributed by atoms with van der Waals surface area (Å²) in [5.74, 6) is -0.183. The van der Waals surface area contributed by atoms with Crippen LogP contribution in [0.5, 0.6) is 0 Å². The first-order chi connectivity index (χ1) is 12.9. The number of nitrogens with zero attached hydrogens (tertiary/aromatic N) is 2. The van der Waals surface area contributed by atoms with Gasteiger partial charge in [0, 0.05) is 44.8 Å². The van der Waals surface area contributed by atoms with Crippen LogP contribution in [0.2, 0.25) is 0 Å². The number of piperazine rings is 1. The van der Waals surface area contributed by atoms with Crippen molar-refractivity contribution in [3.63, 3.8) is 0 Å². The van der Waals surface area contributed by atoms with Gasteiger partial charge in [-0.05, 0) is 50.7 Å². The minimum absolute atomic E-state index is 0.132. The molecule has 0 bridgehead atoms. The minimum Gasteiger partial charge on any atom is -0.352 e. The van der Waals surface area contributed by atoms with Crippen LogP contribution < -0.4 is 10.0 Å². The molecule has 0 aromatic heterocycles. The van der Waals surface area contributed by atoms with E-state index in [-0.39, 0.29) is 17.3 Å². The lowest BCUT2D eigenvalue weighted by molar-refractivity contribution is 0.0951. The van der Waals surface area contributed by atoms with E-state index < -0.39 is 10.0 Å². The van der Waals surface area contributed by atoms with Crippen molar-refractivity contribution in [2.24, 2.45) is 0 Å². The highest BCUT2D eigenvalue weighted by molar-refractivity contribution is 7.89. The maximum absolute atomic E-state index is 12.2. The number of carbonyl (C=O) groups is 1. The SMILES string of the molecule is C=CCNS(=O)(=O)c1ccc(C(=O)NCCCCN2CCN(C)CC2)cc1. The molecule has 2 N–H and O–H groups in total. The number of rotatable bonds is 10. The molecule has 1 amide bonds. The van der Waals surface area contributed by atoms with Crippen molar-refractivity contribution in [2.75, 3.05) is 52.9 Å². The van der Waals surface area contributed by atoms with Gasteiger partial charge in [-0.2, -0.15) is 0 Å². The van der Waals surface area contributed by atoms with E-state index >= 15 is 0 Å². The third-order valence-electron chi connectivity index (χ3n) is 4.63. The third-order valence-corrected chi connectivity index (χ3v) is 6.07. The summed E-state index contributed by atoms with van der Waals surface area (Å²) in [5.41, 5.74) is 0.455. The number of unbranched alkanes of at least 4 members (excludes halogenated alkanes) is 1. The summed E-state index contributed by atoms with van der Waals surface area (Å²) in [6, 6.07) is 5.94. The molecule has 0 atom stereocenters. The highest BCUT2D eigenvalue weighted by Crippen LogP contribution is 2.10. The molecule has 7 nitrogen and oxygen atoms in total. The van der Waals surface area contributed by atoms with Gasteiger partial charge in [0.1, 0.15) is 0 Å². The van der Waals surface area contributed by atoms with Crippen molar-refractivity contribution in [2.45, 2.75) is 17.7 Å². The van der Waals surface area contributed by atoms with Crippen LogP contribution in [0, 0.1) is 0 Å². The molecule has 2 rings (SSSR count). The van der Waals surface area contributed by atoms with Gasteiger partial charge in [0.2, 0.25) is 10.0 Å². The Morgan fingerprint density at radius 3 is 2.44 bits per heavy atom. The summed E-state index contributed by atoms with van der Waals surface area (Å²) < 4.78 is 26.4. The van der Waals surface area contributed by atoms with E-state index in [2.05, 4.69) is 33.5 Å². The maximum Gasteiger partial charge on any atom is 0.251 e. The Morgan fingerprint density at radius 1 is 1.15 bits per heavy atom. The van der Waals surface area contributed by atoms with E-state index in [1.807, 2.05) is 0 Å². The van der Waals surface area contributed by atoms with Crippen molar-refractivity contribution >= 4 is 15.9 Å². The molecule has 0 unspecified atom stereocenters. The van der Waals surface area contributed by atoms with Crippen LogP contribution in [0.25, 0.3) is 0 Å². The molecule has 0 radical (unpaired) electrons. The van der Waals surface area contributed by atoms with Crippen molar-refractivity contribution < 1.29 is 13.2 Å². The average molecular weight is 395 g/mol. The first-order valence-electron chi connectivity index (χ1n) is 9.32. The van der Waals surface area contributed by atoms with Crippen LogP contribution in [-0.2, 0) is 10.0 Å². The highest BCUT2D eigenvalue weighted by atomic mass is 32.2. The minimum atomic E-state index is -3.56. The Labute approximate surface area is 162 Å². The zero-order valence-corrected chi connectivity index (χ0v) is 16.8. The second kappa shape index (κ2) is 10.6. The molecule has 1 aliphatic rings. The van der Waals surface area contributed by atoms with Crippen LogP contribution in [0.4, 0.5) is 0 Å². The van der Waals surface area contributed by atoms with E-state index in [0.29, 0.717) is 12.1 Å². The maximum atomic E-state index is 12.2. The largest absolute Gasteiger partial charge is 0.352 e. The Hall–Kier alpha value is -1.74. The van der Waals surface area contributed by atoms with Gasteiger partial charge in [-0.15, -0.1) is 6.58 Å². The summed E-state index contributed by atoms with van der Waals surface area (Å²) >= 11 is 0. The van der Waals surface area contributed by atoms with Gasteiger partial charge in [0.05, 0.1) is 4.90 Å². The predicted molar refractivity (Wildman–Crippen MR) is 107 cm³/mol. The van der Waals surface area contributed by atoms with Gasteiger partial charge in [0.25, 0.3) is 5.91 Å². The van der Waals surface area contributed by atoms with Crippen molar-refractivity contribution in [3.8, 4) is 0 Å². The Balaban J connectivity index is 1.70. The van der Waals surface area contributed by atoms with Gasteiger partial charge < -0.3 is 15.1 Å². The molecule has 0 aliphatic carbocycles. The predicted octanol–water partition coefficient (Wildman–Crippen LogP) is 0.908. The zero-order valence-electron chi connectivity index (χ0n) is 16.0. The first-order valence-corrected chi connectivity index (χ1v) is 10.8. The third kappa shape index (κ3) is 7.06. The summed E-state index contributed by atoms with van der Waals surface area (Å²) in [4.78, 5) is 17.1. The van der Waals surface area contributed by atoms with Crippen LogP contribution in [0.15, 0.2) is 41.8 Å². The fourth-order valence-corrected chi connectivity index (χ4v) is 3.87. The monoisotopic (exact) mass is 394 g/mol. The lowest BCUT2D eigenvalue weighted by Crippen LogP contribution is -2.44. The second-order valence-electron chi connectivity index (χ2n) is 6.77. The fourth-order valence-electron chi connectivity index (χ4n) is 2.87. The smallest absolute Gasteiger partial charge is 0.251 e. The van der Waals surface area contributed by atoms with Gasteiger partial charge in [-0.25, -0.2) is 13.1 Å². The van der Waals surface area contributed by atoms with Crippen LogP contribution in [-0.4, -0.2) is 77.0 Å². The molecule has 150 valence electrons. The number of amides is 1. The molecule has 1 heterocycles. The molecule has 1 aliphatic heterocycles. The number of likely N-dealkylation sites (N-methyl/N-ethyl adjacent to an activating group) is 1. The number of benzene rings is 1. The van der Waals surface area contributed by atoms with E-state index in [1.165, 1.54) is 30.3 Å². The Bertz CT molecular complexity index is 711. The summed E-state index contributed by atoms with van der Waals surface area (Å²) in [6.45, 7) is 9.78. The van der Waals surface area contributed by atoms with Gasteiger partial charge in [-0.3, -0.25) is 4.79 Å². The molecule has 1 aromatic carbocycles. The van der Waals surface area contributed by atoms with Gasteiger partial charge >= 0.3 is 0 Å². The topological polar surface area (TPSA) is 81.7 Å². The Morgan fingerprint density at radius 2 is 1.81 bits per heavy atom. The van der Waals surface area contributed by atoms with Crippen LogP contribution >= 0.6 is 0 Å². The number of carbonyl (C=O) groups excluding carboxylic acids is 1. The Kier molecular flexibility index (Phi) is 8.43. The quantitative estimate of drug-likeness (QED) is 0.455. The van der Waals surface area contributed by atoms with E-state index in [0.717, 1.165) is 45.6 Å². The molecule has 1 aromatic rings. The molecular formula is C19H30N4O3S. The summed E-state index contributed by atoms with van der Waals surface area (Å²) in [6.07, 6.45) is 3.45. The summed E-state index contributed by atoms with van der Waals surface area (Å²) in [7, 11) is -1.42. The lowest BCUT2D eigenvalue weighted by atomic mass is 10.2. The number of nitrogens with one attached hydrogen (secondary N) is 2. The van der Waals surface area contributed by atoms with Gasteiger partial charge in [-0.1, -0.05) is 6.08 Å². The van der Waals surface area contributed by atoms with Crippen LogP contribution in [0.3, 0.4) is 0 Å². The van der Waals surface area contributed by atoms with E-state index in [4.69, 9.17) is 0 Å². The van der Waals surface area contributed by atoms with Crippen molar-refractivity contribution in [1.29, 1.82) is 0 Å². The molecule has 8 heteroatoms. The normalized spacial score (nSPS) is 16.2. The highest BCUT2D eigenvalue weighted by Gasteiger charge is 2.14. The summed E-state index contributed by atoms with van der Waals surface area (Å²) in [5, 5.41) is 2.89. The number of hydrogen-bond acceptors (Lipinski definition) is 5. The van der Waals surface area contributed by atoms with Gasteiger partial charge in [0.15, 0.2) is 0 Å². The molecule has 27 heavy (non-hydrogen) atoms. The zero-order chi connectivity index (χ0) is 19.7. The first kappa shape index (κ1) is 21.6. The van der Waals surface area contributed by atoms with Crippen LogP contribution in [0.1, 0.15) is 23.2 Å². The standard InChI is InChI=1S/C19H30N4O3S/c1-3-10-21-27(25,26)18-8-6-17(7-9-18)19(24)20-11-4-5-12-23-15-13-22(2)14-16-23/h3,6-9,21H,1,4-5,10-16H2,2H3,(H,20,24). The molecule has 0 spiro atoms. The van der Waals surface area contributed by atoms with E-state index in [9.17, 15) is 13.2 Å². The van der Waals surface area contributed by atoms with Crippen molar-refractivity contribution in [1.82, 2.24) is 19.8 Å². The van der Waals surface area contributed by atoms with Crippen molar-refractivity contribution in [3.05, 3.63) is 42.5 Å². The average Bonchev–Trinajstić information content (AvgIpc) is 2.67.